The van der Waals surface area contributed by atoms with E-state index in [1.54, 1.807) is 18.9 Å². The summed E-state index contributed by atoms with van der Waals surface area (Å²) in [5.74, 6) is 1.23. The molecule has 3 rings (SSSR count). The topological polar surface area (TPSA) is 41.9 Å². The number of para-hydroxylation sites is 1. The third kappa shape index (κ3) is 6.29. The molecular weight excluding hydrogens is 465 g/mol. The number of hydrogen-bond donors (Lipinski definition) is 0. The van der Waals surface area contributed by atoms with Crippen LogP contribution in [-0.4, -0.2) is 31.0 Å². The third-order valence-electron chi connectivity index (χ3n) is 7.24. The number of halogens is 3. The number of carbonyl (C=O) groups excluding carboxylic acids is 1. The molecule has 0 heterocycles. The van der Waals surface area contributed by atoms with Gasteiger partial charge in [0.25, 0.3) is 0 Å². The van der Waals surface area contributed by atoms with Gasteiger partial charge in [0.05, 0.1) is 5.56 Å². The van der Waals surface area contributed by atoms with Crippen molar-refractivity contribution in [3.05, 3.63) is 65.2 Å². The van der Waals surface area contributed by atoms with Crippen LogP contribution in [0, 0.1) is 24.7 Å². The lowest BCUT2D eigenvalue weighted by Gasteiger charge is -2.38. The largest absolute Gasteiger partial charge is 0.461 e. The van der Waals surface area contributed by atoms with Crippen LogP contribution in [0.25, 0.3) is 0 Å². The van der Waals surface area contributed by atoms with Crippen LogP contribution in [0.2, 0.25) is 0 Å². The van der Waals surface area contributed by atoms with Crippen LogP contribution in [-0.2, 0) is 15.7 Å². The number of ether oxygens (including phenoxy) is 1. The Kier molecular flexibility index (Phi) is 8.85. The number of esters is 1. The number of rotatable bonds is 6. The van der Waals surface area contributed by atoms with E-state index in [0.29, 0.717) is 29.2 Å². The zero-order valence-electron chi connectivity index (χ0n) is 22.0. The highest BCUT2D eigenvalue weighted by Crippen LogP contribution is 2.36. The summed E-state index contributed by atoms with van der Waals surface area (Å²) in [6.07, 6.45) is -1.60. The average Bonchev–Trinajstić information content (AvgIpc) is 2.82. The molecule has 4 nitrogen and oxygen atoms in total. The maximum atomic E-state index is 13.6. The van der Waals surface area contributed by atoms with Crippen molar-refractivity contribution in [3.8, 4) is 0 Å². The maximum absolute atomic E-state index is 13.6. The van der Waals surface area contributed by atoms with E-state index in [2.05, 4.69) is 25.8 Å². The molecule has 0 bridgehead atoms. The molecule has 1 fully saturated rings. The summed E-state index contributed by atoms with van der Waals surface area (Å²) >= 11 is 0. The molecule has 196 valence electrons. The van der Waals surface area contributed by atoms with Gasteiger partial charge in [0.1, 0.15) is 18.0 Å². The number of anilines is 1. The average molecular weight is 503 g/mol. The van der Waals surface area contributed by atoms with Crippen molar-refractivity contribution in [3.63, 3.8) is 0 Å². The lowest BCUT2D eigenvalue weighted by Crippen LogP contribution is -2.47. The van der Waals surface area contributed by atoms with Crippen molar-refractivity contribution >= 4 is 17.5 Å². The van der Waals surface area contributed by atoms with Gasteiger partial charge in [-0.2, -0.15) is 13.2 Å². The summed E-state index contributed by atoms with van der Waals surface area (Å²) in [7, 11) is 1.58. The van der Waals surface area contributed by atoms with Crippen molar-refractivity contribution < 1.29 is 22.7 Å². The normalized spacial score (nSPS) is 21.8. The Bertz CT molecular complexity index is 1060. The number of hydrogen-bond acceptors (Lipinski definition) is 3. The van der Waals surface area contributed by atoms with Crippen molar-refractivity contribution in [2.24, 2.45) is 22.7 Å². The van der Waals surface area contributed by atoms with E-state index in [4.69, 9.17) is 4.74 Å². The Morgan fingerprint density at radius 3 is 2.25 bits per heavy atom. The molecular formula is C29H37F3N2O2. The lowest BCUT2D eigenvalue weighted by atomic mass is 9.75. The fraction of sp³-hybridized carbons (Fsp3) is 0.517. The van der Waals surface area contributed by atoms with E-state index in [1.807, 2.05) is 31.2 Å². The van der Waals surface area contributed by atoms with Gasteiger partial charge in [0.2, 0.25) is 0 Å². The van der Waals surface area contributed by atoms with Crippen LogP contribution in [0.5, 0.6) is 0 Å². The van der Waals surface area contributed by atoms with Crippen LogP contribution in [0.4, 0.5) is 18.9 Å². The number of amidine groups is 1. The zero-order valence-corrected chi connectivity index (χ0v) is 22.0. The number of carbonyl (C=O) groups is 1. The van der Waals surface area contributed by atoms with Crippen molar-refractivity contribution in [1.82, 2.24) is 0 Å². The minimum Gasteiger partial charge on any atom is -0.461 e. The Morgan fingerprint density at radius 2 is 1.69 bits per heavy atom. The van der Waals surface area contributed by atoms with Gasteiger partial charge in [0, 0.05) is 18.3 Å². The molecule has 0 aliphatic heterocycles. The standard InChI is InChI=1S/C29H37F3N2O2/c1-18(2)24-16-11-19(3)17-26(24)36-28(35)21(5)34(25-10-8-7-9-20(25)4)27(33-6)22-12-14-23(15-13-22)29(30,31)32/h7-10,12-15,18-19,21,24,26H,11,16-17H2,1-6H3/t19-,21-,24+,26-/m1/s1. The molecule has 2 aromatic carbocycles. The van der Waals surface area contributed by atoms with Crippen LogP contribution >= 0.6 is 0 Å². The van der Waals surface area contributed by atoms with Gasteiger partial charge in [0.15, 0.2) is 0 Å². The smallest absolute Gasteiger partial charge is 0.416 e. The van der Waals surface area contributed by atoms with Crippen molar-refractivity contribution in [1.29, 1.82) is 0 Å². The zero-order chi connectivity index (χ0) is 26.6. The van der Waals surface area contributed by atoms with Gasteiger partial charge in [-0.1, -0.05) is 57.5 Å². The highest BCUT2D eigenvalue weighted by molar-refractivity contribution is 6.13. The maximum Gasteiger partial charge on any atom is 0.416 e. The minimum absolute atomic E-state index is 0.157. The molecule has 0 spiro atoms. The number of aliphatic imine (C=N–C) groups is 1. The van der Waals surface area contributed by atoms with E-state index in [0.717, 1.165) is 42.6 Å². The molecule has 1 aliphatic rings. The summed E-state index contributed by atoms with van der Waals surface area (Å²) in [5.41, 5.74) is 1.42. The Balaban J connectivity index is 1.97. The Morgan fingerprint density at radius 1 is 1.06 bits per heavy atom. The lowest BCUT2D eigenvalue weighted by molar-refractivity contribution is -0.156. The van der Waals surface area contributed by atoms with Gasteiger partial charge in [-0.3, -0.25) is 4.99 Å². The summed E-state index contributed by atoms with van der Waals surface area (Å²) in [4.78, 5) is 19.8. The monoisotopic (exact) mass is 502 g/mol. The fourth-order valence-corrected chi connectivity index (χ4v) is 5.13. The molecule has 0 aromatic heterocycles. The van der Waals surface area contributed by atoms with Crippen molar-refractivity contribution in [2.45, 2.75) is 72.2 Å². The number of nitrogens with zero attached hydrogens (tertiary/aromatic N) is 2. The first-order chi connectivity index (χ1) is 16.9. The van der Waals surface area contributed by atoms with Gasteiger partial charge >= 0.3 is 12.1 Å². The van der Waals surface area contributed by atoms with Gasteiger partial charge in [-0.15, -0.1) is 0 Å². The van der Waals surface area contributed by atoms with E-state index in [1.165, 1.54) is 12.1 Å². The predicted molar refractivity (Wildman–Crippen MR) is 138 cm³/mol. The first-order valence-electron chi connectivity index (χ1n) is 12.6. The molecule has 0 amide bonds. The Hall–Kier alpha value is -2.83. The molecule has 2 aromatic rings. The molecule has 1 aliphatic carbocycles. The highest BCUT2D eigenvalue weighted by Gasteiger charge is 2.37. The second-order valence-electron chi connectivity index (χ2n) is 10.3. The molecule has 7 heteroatoms. The van der Waals surface area contributed by atoms with Crippen LogP contribution in [0.1, 0.15) is 63.6 Å². The number of alkyl halides is 3. The minimum atomic E-state index is -4.43. The summed E-state index contributed by atoms with van der Waals surface area (Å²) in [5, 5.41) is 0. The molecule has 36 heavy (non-hydrogen) atoms. The predicted octanol–water partition coefficient (Wildman–Crippen LogP) is 7.29. The van der Waals surface area contributed by atoms with E-state index in [-0.39, 0.29) is 12.1 Å². The van der Waals surface area contributed by atoms with Gasteiger partial charge < -0.3 is 9.64 Å². The molecule has 0 unspecified atom stereocenters. The first-order valence-corrected chi connectivity index (χ1v) is 12.6. The van der Waals surface area contributed by atoms with Crippen LogP contribution < -0.4 is 4.90 Å². The molecule has 0 saturated heterocycles. The van der Waals surface area contributed by atoms with Gasteiger partial charge in [-0.05, 0) is 68.2 Å². The Labute approximate surface area is 212 Å². The van der Waals surface area contributed by atoms with Crippen LogP contribution in [0.3, 0.4) is 0 Å². The van der Waals surface area contributed by atoms with E-state index < -0.39 is 17.8 Å². The molecule has 1 saturated carbocycles. The summed E-state index contributed by atoms with van der Waals surface area (Å²) in [6, 6.07) is 11.7. The van der Waals surface area contributed by atoms with E-state index >= 15 is 0 Å². The second-order valence-corrected chi connectivity index (χ2v) is 10.3. The fourth-order valence-electron chi connectivity index (χ4n) is 5.13. The van der Waals surface area contributed by atoms with Gasteiger partial charge in [-0.25, -0.2) is 4.79 Å². The molecule has 0 radical (unpaired) electrons. The molecule has 0 N–H and O–H groups in total. The second kappa shape index (κ2) is 11.5. The quantitative estimate of drug-likeness (QED) is 0.237. The van der Waals surface area contributed by atoms with Crippen LogP contribution in [0.15, 0.2) is 53.5 Å². The highest BCUT2D eigenvalue weighted by atomic mass is 19.4. The SMILES string of the molecule is CN=C(c1ccc(C(F)(F)F)cc1)N(c1ccccc1C)[C@H](C)C(=O)O[C@@H]1C[C@H](C)CC[C@H]1C(C)C. The third-order valence-corrected chi connectivity index (χ3v) is 7.24. The summed E-state index contributed by atoms with van der Waals surface area (Å²) < 4.78 is 45.6. The first kappa shape index (κ1) is 27.8. The summed E-state index contributed by atoms with van der Waals surface area (Å²) in [6.45, 7) is 10.2. The molecule has 4 atom stereocenters. The van der Waals surface area contributed by atoms with Crippen molar-refractivity contribution in [2.75, 3.05) is 11.9 Å². The number of aryl methyl sites for hydroxylation is 1. The van der Waals surface area contributed by atoms with E-state index in [9.17, 15) is 18.0 Å². The number of benzene rings is 2.